The molecule has 28 heavy (non-hydrogen) atoms. The van der Waals surface area contributed by atoms with Gasteiger partial charge >= 0.3 is 0 Å². The zero-order valence-electron chi connectivity index (χ0n) is 14.8. The van der Waals surface area contributed by atoms with Crippen LogP contribution in [0.25, 0.3) is 15.9 Å². The first-order chi connectivity index (χ1) is 13.6. The van der Waals surface area contributed by atoms with E-state index < -0.39 is 9.84 Å². The first kappa shape index (κ1) is 17.5. The normalized spacial score (nSPS) is 17.5. The second-order valence-electron chi connectivity index (χ2n) is 6.56. The van der Waals surface area contributed by atoms with Crippen molar-refractivity contribution in [2.75, 3.05) is 18.5 Å². The van der Waals surface area contributed by atoms with Crippen molar-refractivity contribution in [1.82, 2.24) is 19.8 Å². The summed E-state index contributed by atoms with van der Waals surface area (Å²) in [6, 6.07) is 10.1. The van der Waals surface area contributed by atoms with E-state index in [2.05, 4.69) is 20.6 Å². The molecule has 0 saturated carbocycles. The number of nitrogens with one attached hydrogen (secondary N) is 1. The minimum Gasteiger partial charge on any atom is -0.376 e. The number of aromatic nitrogens is 4. The number of anilines is 1. The lowest BCUT2D eigenvalue weighted by Gasteiger charge is -2.12. The van der Waals surface area contributed by atoms with Crippen molar-refractivity contribution in [3.8, 4) is 0 Å². The highest BCUT2D eigenvalue weighted by Crippen LogP contribution is 2.31. The number of ether oxygens (including phenoxy) is 1. The van der Waals surface area contributed by atoms with Crippen LogP contribution in [0.5, 0.6) is 0 Å². The smallest absolute Gasteiger partial charge is 0.229 e. The van der Waals surface area contributed by atoms with Crippen LogP contribution in [-0.2, 0) is 14.6 Å². The molecule has 1 N–H and O–H groups in total. The largest absolute Gasteiger partial charge is 0.376 e. The molecule has 0 unspecified atom stereocenters. The van der Waals surface area contributed by atoms with Gasteiger partial charge in [0.05, 0.1) is 21.2 Å². The zero-order valence-corrected chi connectivity index (χ0v) is 16.4. The highest BCUT2D eigenvalue weighted by Gasteiger charge is 2.27. The molecule has 1 aromatic carbocycles. The molecule has 1 aliphatic rings. The lowest BCUT2D eigenvalue weighted by molar-refractivity contribution is 0.120. The summed E-state index contributed by atoms with van der Waals surface area (Å²) in [6.45, 7) is 1.40. The molecule has 1 fully saturated rings. The van der Waals surface area contributed by atoms with E-state index in [1.165, 1.54) is 15.9 Å². The highest BCUT2D eigenvalue weighted by molar-refractivity contribution is 7.91. The van der Waals surface area contributed by atoms with E-state index in [4.69, 9.17) is 4.74 Å². The average molecular weight is 416 g/mol. The van der Waals surface area contributed by atoms with Gasteiger partial charge in [0.15, 0.2) is 5.65 Å². The van der Waals surface area contributed by atoms with Crippen LogP contribution in [0.2, 0.25) is 0 Å². The third kappa shape index (κ3) is 2.84. The molecule has 5 rings (SSSR count). The number of hydrogen-bond donors (Lipinski definition) is 1. The molecular weight excluding hydrogens is 398 g/mol. The Labute approximate surface area is 165 Å². The summed E-state index contributed by atoms with van der Waals surface area (Å²) in [4.78, 5) is 4.76. The maximum Gasteiger partial charge on any atom is 0.229 e. The van der Waals surface area contributed by atoms with Crippen LogP contribution < -0.4 is 5.32 Å². The van der Waals surface area contributed by atoms with Gasteiger partial charge in [-0.2, -0.15) is 4.52 Å². The summed E-state index contributed by atoms with van der Waals surface area (Å²) in [7, 11) is -3.83. The Balaban J connectivity index is 1.63. The predicted molar refractivity (Wildman–Crippen MR) is 106 cm³/mol. The summed E-state index contributed by atoms with van der Waals surface area (Å²) >= 11 is 1.52. The third-order valence-corrected chi connectivity index (χ3v) is 7.33. The number of rotatable bonds is 5. The molecule has 1 aliphatic heterocycles. The Morgan fingerprint density at radius 1 is 1.25 bits per heavy atom. The molecule has 0 bridgehead atoms. The molecule has 0 aliphatic carbocycles. The minimum absolute atomic E-state index is 0.142. The highest BCUT2D eigenvalue weighted by atomic mass is 32.2. The Bertz CT molecular complexity index is 1240. The van der Waals surface area contributed by atoms with Crippen LogP contribution in [0.3, 0.4) is 0 Å². The molecule has 0 amide bonds. The molecule has 144 valence electrons. The maximum absolute atomic E-state index is 13.1. The van der Waals surface area contributed by atoms with E-state index in [-0.39, 0.29) is 21.7 Å². The van der Waals surface area contributed by atoms with Gasteiger partial charge in [0, 0.05) is 13.2 Å². The first-order valence-electron chi connectivity index (χ1n) is 8.93. The quantitative estimate of drug-likeness (QED) is 0.535. The van der Waals surface area contributed by atoms with Gasteiger partial charge in [-0.25, -0.2) is 13.4 Å². The van der Waals surface area contributed by atoms with Crippen LogP contribution in [0, 0.1) is 0 Å². The Kier molecular flexibility index (Phi) is 4.26. The molecule has 0 spiro atoms. The second kappa shape index (κ2) is 6.80. The Hall–Kier alpha value is -2.56. The molecule has 10 heteroatoms. The van der Waals surface area contributed by atoms with Crippen molar-refractivity contribution >= 4 is 42.9 Å². The summed E-state index contributed by atoms with van der Waals surface area (Å²) in [5.41, 5.74) is 0.983. The van der Waals surface area contributed by atoms with Crippen LogP contribution in [0.4, 0.5) is 5.82 Å². The lowest BCUT2D eigenvalue weighted by Crippen LogP contribution is -2.19. The lowest BCUT2D eigenvalue weighted by atomic mass is 10.2. The van der Waals surface area contributed by atoms with Gasteiger partial charge in [0.2, 0.25) is 14.9 Å². The van der Waals surface area contributed by atoms with Gasteiger partial charge in [-0.1, -0.05) is 23.4 Å². The molecule has 4 heterocycles. The number of sulfone groups is 1. The fourth-order valence-corrected chi connectivity index (χ4v) is 5.44. The van der Waals surface area contributed by atoms with Crippen molar-refractivity contribution in [2.45, 2.75) is 28.9 Å². The SMILES string of the molecule is O=S(=O)(c1ccccc1)c1nnn2c1nc(NC[C@@H]1CCCO1)c1sccc12. The average Bonchev–Trinajstić information content (AvgIpc) is 3.46. The van der Waals surface area contributed by atoms with Crippen molar-refractivity contribution < 1.29 is 13.2 Å². The van der Waals surface area contributed by atoms with E-state index in [0.717, 1.165) is 29.7 Å². The van der Waals surface area contributed by atoms with E-state index in [1.54, 1.807) is 30.3 Å². The van der Waals surface area contributed by atoms with Gasteiger partial charge < -0.3 is 10.1 Å². The van der Waals surface area contributed by atoms with Crippen LogP contribution in [-0.4, -0.2) is 47.5 Å². The monoisotopic (exact) mass is 415 g/mol. The van der Waals surface area contributed by atoms with Crippen molar-refractivity contribution in [1.29, 1.82) is 0 Å². The Morgan fingerprint density at radius 2 is 2.11 bits per heavy atom. The maximum atomic E-state index is 13.1. The molecule has 0 radical (unpaired) electrons. The number of fused-ring (bicyclic) bond motifs is 3. The fourth-order valence-electron chi connectivity index (χ4n) is 3.34. The van der Waals surface area contributed by atoms with E-state index in [1.807, 2.05) is 11.4 Å². The summed E-state index contributed by atoms with van der Waals surface area (Å²) in [5.74, 6) is 0.625. The molecule has 1 saturated heterocycles. The van der Waals surface area contributed by atoms with Crippen LogP contribution in [0.1, 0.15) is 12.8 Å². The number of nitrogens with zero attached hydrogens (tertiary/aromatic N) is 4. The van der Waals surface area contributed by atoms with Gasteiger partial charge in [-0.05, 0) is 36.4 Å². The molecule has 3 aromatic heterocycles. The van der Waals surface area contributed by atoms with E-state index in [0.29, 0.717) is 12.4 Å². The van der Waals surface area contributed by atoms with Crippen molar-refractivity contribution in [3.63, 3.8) is 0 Å². The number of thiophene rings is 1. The van der Waals surface area contributed by atoms with Crippen LogP contribution in [0.15, 0.2) is 51.7 Å². The topological polar surface area (TPSA) is 98.5 Å². The summed E-state index contributed by atoms with van der Waals surface area (Å²) < 4.78 is 34.2. The number of benzene rings is 1. The molecule has 1 atom stereocenters. The van der Waals surface area contributed by atoms with Gasteiger partial charge in [-0.3, -0.25) is 0 Å². The summed E-state index contributed by atoms with van der Waals surface area (Å²) in [6.07, 6.45) is 2.20. The second-order valence-corrected chi connectivity index (χ2v) is 9.34. The number of hydrogen-bond acceptors (Lipinski definition) is 8. The fraction of sp³-hybridized carbons (Fsp3) is 0.278. The Morgan fingerprint density at radius 3 is 2.89 bits per heavy atom. The van der Waals surface area contributed by atoms with E-state index >= 15 is 0 Å². The van der Waals surface area contributed by atoms with Gasteiger partial charge in [0.1, 0.15) is 5.82 Å². The molecular formula is C18H17N5O3S2. The van der Waals surface area contributed by atoms with Crippen LogP contribution >= 0.6 is 11.3 Å². The third-order valence-electron chi connectivity index (χ3n) is 4.75. The predicted octanol–water partition coefficient (Wildman–Crippen LogP) is 2.76. The molecule has 8 nitrogen and oxygen atoms in total. The first-order valence-corrected chi connectivity index (χ1v) is 11.3. The van der Waals surface area contributed by atoms with Gasteiger partial charge in [-0.15, -0.1) is 16.4 Å². The molecule has 4 aromatic rings. The zero-order chi connectivity index (χ0) is 19.1. The minimum atomic E-state index is -3.83. The van der Waals surface area contributed by atoms with Gasteiger partial charge in [0.25, 0.3) is 0 Å². The van der Waals surface area contributed by atoms with Crippen molar-refractivity contribution in [2.24, 2.45) is 0 Å². The van der Waals surface area contributed by atoms with E-state index in [9.17, 15) is 8.42 Å². The summed E-state index contributed by atoms with van der Waals surface area (Å²) in [5, 5.41) is 13.1. The standard InChI is InChI=1S/C18H17N5O3S2/c24-28(25,13-6-2-1-3-7-13)18-17-20-16(19-11-12-5-4-9-26-12)15-14(8-10-27-15)23(17)22-21-18/h1-3,6-8,10,12H,4-5,9,11H2,(H,19,20)/t12-/m0/s1. The van der Waals surface area contributed by atoms with Crippen molar-refractivity contribution in [3.05, 3.63) is 41.8 Å².